The maximum absolute atomic E-state index is 11.2. The van der Waals surface area contributed by atoms with Gasteiger partial charge in [-0.15, -0.1) is 11.8 Å². The zero-order valence-electron chi connectivity index (χ0n) is 11.9. The van der Waals surface area contributed by atoms with Crippen LogP contribution in [0, 0.1) is 0 Å². The Labute approximate surface area is 128 Å². The molecule has 0 N–H and O–H groups in total. The molecule has 4 nitrogen and oxygen atoms in total. The number of rotatable bonds is 7. The van der Waals surface area contributed by atoms with Gasteiger partial charge in [0, 0.05) is 18.0 Å². The summed E-state index contributed by atoms with van der Waals surface area (Å²) in [5.74, 6) is 0.528. The molecule has 0 saturated carbocycles. The number of nitrogens with zero attached hydrogens (tertiary/aromatic N) is 2. The molecule has 0 spiro atoms. The van der Waals surface area contributed by atoms with Crippen LogP contribution in [0.4, 0.5) is 0 Å². The summed E-state index contributed by atoms with van der Waals surface area (Å²) >= 11 is 2.96. The van der Waals surface area contributed by atoms with Crippen molar-refractivity contribution in [3.8, 4) is 0 Å². The molecule has 2 heterocycles. The molecule has 2 rings (SSSR count). The average molecular weight is 314 g/mol. The topological polar surface area (TPSA) is 51.4 Å². The Balaban J connectivity index is 0.000000276. The highest BCUT2D eigenvalue weighted by molar-refractivity contribution is 8.13. The van der Waals surface area contributed by atoms with Crippen molar-refractivity contribution in [2.45, 2.75) is 52.0 Å². The van der Waals surface area contributed by atoms with E-state index in [0.717, 1.165) is 13.0 Å². The van der Waals surface area contributed by atoms with E-state index in [0.29, 0.717) is 5.75 Å². The summed E-state index contributed by atoms with van der Waals surface area (Å²) in [6.45, 7) is 3.13. The molecule has 0 unspecified atom stereocenters. The number of aliphatic imine (C=N–C) groups is 1. The van der Waals surface area contributed by atoms with E-state index < -0.39 is 0 Å². The van der Waals surface area contributed by atoms with Crippen molar-refractivity contribution >= 4 is 34.7 Å². The molecule has 112 valence electrons. The summed E-state index contributed by atoms with van der Waals surface area (Å²) in [6, 6.07) is 1.64. The Morgan fingerprint density at radius 3 is 2.45 bits per heavy atom. The maximum Gasteiger partial charge on any atom is 0.260 e. The minimum absolute atomic E-state index is 0.0139. The molecule has 0 fully saturated rings. The van der Waals surface area contributed by atoms with Gasteiger partial charge in [-0.2, -0.15) is 0 Å². The molecule has 0 atom stereocenters. The van der Waals surface area contributed by atoms with E-state index >= 15 is 0 Å². The molecular formula is C14H22N2O2S2. The van der Waals surface area contributed by atoms with Crippen LogP contribution in [0.15, 0.2) is 21.2 Å². The lowest BCUT2D eigenvalue weighted by atomic mass is 10.1. The number of hydrogen-bond acceptors (Lipinski definition) is 4. The van der Waals surface area contributed by atoms with E-state index in [2.05, 4.69) is 11.9 Å². The van der Waals surface area contributed by atoms with Gasteiger partial charge in [0.15, 0.2) is 0 Å². The largest absolute Gasteiger partial charge is 0.272 e. The van der Waals surface area contributed by atoms with Crippen molar-refractivity contribution in [3.63, 3.8) is 0 Å². The molecule has 0 saturated heterocycles. The number of aromatic nitrogens is 1. The maximum atomic E-state index is 11.2. The van der Waals surface area contributed by atoms with Crippen LogP contribution in [0.3, 0.4) is 0 Å². The van der Waals surface area contributed by atoms with Crippen molar-refractivity contribution in [3.05, 3.63) is 21.8 Å². The second kappa shape index (κ2) is 10.9. The van der Waals surface area contributed by atoms with Crippen molar-refractivity contribution in [2.24, 2.45) is 4.99 Å². The first-order valence-electron chi connectivity index (χ1n) is 7.06. The summed E-state index contributed by atoms with van der Waals surface area (Å²) in [7, 11) is 0. The van der Waals surface area contributed by atoms with Gasteiger partial charge in [-0.25, -0.2) is 4.99 Å². The zero-order chi connectivity index (χ0) is 14.6. The molecule has 0 aromatic carbocycles. The third-order valence-electron chi connectivity index (χ3n) is 2.84. The lowest BCUT2D eigenvalue weighted by molar-refractivity contribution is -0.115. The Kier molecular flexibility index (Phi) is 9.32. The van der Waals surface area contributed by atoms with Gasteiger partial charge in [0.2, 0.25) is 0 Å². The molecule has 1 amide bonds. The fourth-order valence-corrected chi connectivity index (χ4v) is 2.94. The van der Waals surface area contributed by atoms with Gasteiger partial charge in [0.25, 0.3) is 11.5 Å². The van der Waals surface area contributed by atoms with E-state index in [1.54, 1.807) is 11.6 Å². The molecule has 0 radical (unpaired) electrons. The smallest absolute Gasteiger partial charge is 0.260 e. The lowest BCUT2D eigenvalue weighted by Gasteiger charge is -2.00. The van der Waals surface area contributed by atoms with E-state index in [9.17, 15) is 9.59 Å². The SMILES string of the molecule is CCCCCCCCn1sccc1=O.O=C1CSC=N1. The molecule has 1 aromatic rings. The van der Waals surface area contributed by atoms with Gasteiger partial charge in [-0.05, 0) is 6.42 Å². The number of unbranched alkanes of at least 4 members (excludes halogenated alkanes) is 5. The molecule has 20 heavy (non-hydrogen) atoms. The van der Waals surface area contributed by atoms with Gasteiger partial charge in [0.1, 0.15) is 0 Å². The minimum atomic E-state index is -0.0139. The van der Waals surface area contributed by atoms with E-state index in [1.807, 2.05) is 9.34 Å². The van der Waals surface area contributed by atoms with Gasteiger partial charge in [-0.1, -0.05) is 50.6 Å². The Morgan fingerprint density at radius 1 is 1.20 bits per heavy atom. The summed E-state index contributed by atoms with van der Waals surface area (Å²) < 4.78 is 1.83. The quantitative estimate of drug-likeness (QED) is 0.723. The summed E-state index contributed by atoms with van der Waals surface area (Å²) in [4.78, 5) is 24.6. The number of amides is 1. The van der Waals surface area contributed by atoms with Gasteiger partial charge >= 0.3 is 0 Å². The van der Waals surface area contributed by atoms with Crippen LogP contribution in [-0.4, -0.2) is 21.2 Å². The lowest BCUT2D eigenvalue weighted by Crippen LogP contribution is -2.11. The van der Waals surface area contributed by atoms with Crippen LogP contribution >= 0.6 is 23.3 Å². The molecule has 1 aliphatic heterocycles. The van der Waals surface area contributed by atoms with Crippen LogP contribution in [0.25, 0.3) is 0 Å². The van der Waals surface area contributed by atoms with Crippen molar-refractivity contribution in [2.75, 3.05) is 5.75 Å². The molecule has 0 bridgehead atoms. The third kappa shape index (κ3) is 7.65. The van der Waals surface area contributed by atoms with E-state index in [-0.39, 0.29) is 11.5 Å². The van der Waals surface area contributed by atoms with Crippen LogP contribution in [-0.2, 0) is 11.3 Å². The van der Waals surface area contributed by atoms with Crippen molar-refractivity contribution < 1.29 is 4.79 Å². The van der Waals surface area contributed by atoms with Crippen molar-refractivity contribution in [1.29, 1.82) is 0 Å². The number of carbonyl (C=O) groups excluding carboxylic acids is 1. The second-order valence-electron chi connectivity index (χ2n) is 4.56. The first-order valence-corrected chi connectivity index (χ1v) is 8.94. The Bertz CT molecular complexity index is 466. The third-order valence-corrected chi connectivity index (χ3v) is 4.38. The highest BCUT2D eigenvalue weighted by Crippen LogP contribution is 2.06. The van der Waals surface area contributed by atoms with Crippen LogP contribution in [0.5, 0.6) is 0 Å². The fourth-order valence-electron chi connectivity index (χ4n) is 1.74. The van der Waals surface area contributed by atoms with Crippen LogP contribution < -0.4 is 5.56 Å². The highest BCUT2D eigenvalue weighted by Gasteiger charge is 2.01. The normalized spacial score (nSPS) is 13.3. The first-order chi connectivity index (χ1) is 9.74. The molecular weight excluding hydrogens is 292 g/mol. The predicted molar refractivity (Wildman–Crippen MR) is 87.9 cm³/mol. The molecule has 0 aliphatic carbocycles. The van der Waals surface area contributed by atoms with E-state index in [4.69, 9.17) is 0 Å². The van der Waals surface area contributed by atoms with E-state index in [1.165, 1.54) is 55.4 Å². The second-order valence-corrected chi connectivity index (χ2v) is 6.31. The average Bonchev–Trinajstić information content (AvgIpc) is 3.06. The van der Waals surface area contributed by atoms with Gasteiger partial charge in [0.05, 0.1) is 11.3 Å². The van der Waals surface area contributed by atoms with Crippen LogP contribution in [0.2, 0.25) is 0 Å². The predicted octanol–water partition coefficient (Wildman–Crippen LogP) is 3.56. The summed E-state index contributed by atoms with van der Waals surface area (Å²) in [5.41, 5.74) is 1.73. The first kappa shape index (κ1) is 17.2. The number of hydrogen-bond donors (Lipinski definition) is 0. The molecule has 6 heteroatoms. The van der Waals surface area contributed by atoms with Crippen molar-refractivity contribution in [1.82, 2.24) is 3.96 Å². The zero-order valence-corrected chi connectivity index (χ0v) is 13.5. The number of aryl methyl sites for hydroxylation is 1. The van der Waals surface area contributed by atoms with Gasteiger partial charge in [-0.3, -0.25) is 13.5 Å². The molecule has 1 aliphatic rings. The molecule has 1 aromatic heterocycles. The number of thioether (sulfide) groups is 1. The number of carbonyl (C=O) groups is 1. The summed E-state index contributed by atoms with van der Waals surface area (Å²) in [6.07, 6.45) is 7.70. The standard InChI is InChI=1S/C11H19NOS.C3H3NOS/c1-2-3-4-5-6-7-9-12-11(13)8-10-14-12;5-3-1-6-2-4-3/h8,10H,2-7,9H2,1H3;2H,1H2. The van der Waals surface area contributed by atoms with Gasteiger partial charge < -0.3 is 0 Å². The Morgan fingerprint density at radius 2 is 1.95 bits per heavy atom. The monoisotopic (exact) mass is 314 g/mol. The van der Waals surface area contributed by atoms with Crippen LogP contribution in [0.1, 0.15) is 45.4 Å². The highest BCUT2D eigenvalue weighted by atomic mass is 32.2. The minimum Gasteiger partial charge on any atom is -0.272 e. The Hall–Kier alpha value is -0.880. The summed E-state index contributed by atoms with van der Waals surface area (Å²) in [5, 5.41) is 1.86. The fraction of sp³-hybridized carbons (Fsp3) is 0.643.